The molecule has 2 heterocycles. The third-order valence-corrected chi connectivity index (χ3v) is 8.36. The molecule has 39 heavy (non-hydrogen) atoms. The molecule has 7 aromatic carbocycles. The number of fused-ring (bicyclic) bond motifs is 4. The van der Waals surface area contributed by atoms with Crippen LogP contribution in [-0.4, -0.2) is 9.97 Å². The van der Waals surface area contributed by atoms with Gasteiger partial charge in [-0.25, -0.2) is 0 Å². The summed E-state index contributed by atoms with van der Waals surface area (Å²) in [6.07, 6.45) is 4.27. The van der Waals surface area contributed by atoms with Crippen LogP contribution in [0.3, 0.4) is 0 Å². The SMILES string of the molecule is c1ccc2c(N(c3c[nH]c4ccccc34)c3ccc4c5cccc6cccc(c7cccc3c74)c65)c[nH]c2c1. The maximum absolute atomic E-state index is 3.52. The van der Waals surface area contributed by atoms with Gasteiger partial charge in [0.2, 0.25) is 0 Å². The largest absolute Gasteiger partial charge is 0.359 e. The Morgan fingerprint density at radius 1 is 0.359 bits per heavy atom. The van der Waals surface area contributed by atoms with Gasteiger partial charge in [0, 0.05) is 39.6 Å². The van der Waals surface area contributed by atoms with Crippen molar-refractivity contribution >= 4 is 82.0 Å². The summed E-state index contributed by atoms with van der Waals surface area (Å²) in [6, 6.07) is 41.8. The molecule has 0 amide bonds. The number of benzene rings is 7. The number of hydrogen-bond donors (Lipinski definition) is 2. The van der Waals surface area contributed by atoms with Gasteiger partial charge in [0.15, 0.2) is 0 Å². The molecule has 3 heteroatoms. The van der Waals surface area contributed by atoms with Crippen LogP contribution in [0.4, 0.5) is 17.1 Å². The summed E-state index contributed by atoms with van der Waals surface area (Å²) in [6.45, 7) is 0. The van der Waals surface area contributed by atoms with E-state index < -0.39 is 0 Å². The standard InChI is InChI=1S/C36H23N3/c1-3-16-30-27(10-1)33(20-37-30)39(34-21-38-31-17-4-2-11-28(31)34)32-19-18-26-24-13-6-9-22-8-5-12-23(35(22)24)25-14-7-15-29(32)36(25)26/h1-21,37-38H. The van der Waals surface area contributed by atoms with Crippen molar-refractivity contribution in [3.63, 3.8) is 0 Å². The molecule has 2 N–H and O–H groups in total. The van der Waals surface area contributed by atoms with Gasteiger partial charge in [-0.2, -0.15) is 0 Å². The average Bonchev–Trinajstić information content (AvgIpc) is 3.62. The van der Waals surface area contributed by atoms with Crippen LogP contribution in [0.1, 0.15) is 0 Å². The van der Waals surface area contributed by atoms with Gasteiger partial charge in [-0.15, -0.1) is 0 Å². The maximum atomic E-state index is 3.52. The number of aromatic amines is 2. The molecule has 0 radical (unpaired) electrons. The molecular formula is C36H23N3. The normalized spacial score (nSPS) is 12.1. The summed E-state index contributed by atoms with van der Waals surface area (Å²) in [7, 11) is 0. The van der Waals surface area contributed by atoms with E-state index in [-0.39, 0.29) is 0 Å². The van der Waals surface area contributed by atoms with Crippen LogP contribution in [0.5, 0.6) is 0 Å². The smallest absolute Gasteiger partial charge is 0.0716 e. The third-order valence-electron chi connectivity index (χ3n) is 8.36. The van der Waals surface area contributed by atoms with Gasteiger partial charge in [-0.3, -0.25) is 0 Å². The van der Waals surface area contributed by atoms with Crippen LogP contribution in [0.25, 0.3) is 64.9 Å². The van der Waals surface area contributed by atoms with Crippen LogP contribution < -0.4 is 4.90 Å². The lowest BCUT2D eigenvalue weighted by molar-refractivity contribution is 1.31. The summed E-state index contributed by atoms with van der Waals surface area (Å²) in [5.74, 6) is 0. The number of nitrogens with one attached hydrogen (secondary N) is 2. The Morgan fingerprint density at radius 2 is 0.846 bits per heavy atom. The van der Waals surface area contributed by atoms with Crippen molar-refractivity contribution in [2.24, 2.45) is 0 Å². The van der Waals surface area contributed by atoms with E-state index >= 15 is 0 Å². The van der Waals surface area contributed by atoms with Crippen LogP contribution in [0, 0.1) is 0 Å². The van der Waals surface area contributed by atoms with E-state index in [1.165, 1.54) is 53.9 Å². The van der Waals surface area contributed by atoms with Gasteiger partial charge < -0.3 is 14.9 Å². The van der Waals surface area contributed by atoms with E-state index in [1.54, 1.807) is 0 Å². The topological polar surface area (TPSA) is 34.8 Å². The van der Waals surface area contributed by atoms with Crippen molar-refractivity contribution < 1.29 is 0 Å². The lowest BCUT2D eigenvalue weighted by Crippen LogP contribution is -2.10. The first-order valence-corrected chi connectivity index (χ1v) is 13.4. The van der Waals surface area contributed by atoms with Gasteiger partial charge >= 0.3 is 0 Å². The maximum Gasteiger partial charge on any atom is 0.0716 e. The molecule has 0 spiro atoms. The van der Waals surface area contributed by atoms with E-state index in [4.69, 9.17) is 0 Å². The molecule has 9 aromatic rings. The zero-order chi connectivity index (χ0) is 25.5. The van der Waals surface area contributed by atoms with Crippen molar-refractivity contribution in [3.8, 4) is 0 Å². The number of para-hydroxylation sites is 2. The highest BCUT2D eigenvalue weighted by Gasteiger charge is 2.23. The number of rotatable bonds is 3. The van der Waals surface area contributed by atoms with E-state index in [2.05, 4.69) is 143 Å². The number of aromatic nitrogens is 2. The zero-order valence-corrected chi connectivity index (χ0v) is 21.1. The summed E-state index contributed by atoms with van der Waals surface area (Å²) >= 11 is 0. The Hall–Kier alpha value is -5.28. The van der Waals surface area contributed by atoms with Crippen LogP contribution in [0.15, 0.2) is 128 Å². The number of nitrogens with zero attached hydrogens (tertiary/aromatic N) is 1. The summed E-state index contributed by atoms with van der Waals surface area (Å²) in [4.78, 5) is 9.45. The summed E-state index contributed by atoms with van der Waals surface area (Å²) in [5, 5.41) is 12.8. The lowest BCUT2D eigenvalue weighted by atomic mass is 9.89. The van der Waals surface area contributed by atoms with Gasteiger partial charge in [0.05, 0.1) is 17.1 Å². The minimum Gasteiger partial charge on any atom is -0.359 e. The predicted molar refractivity (Wildman–Crippen MR) is 166 cm³/mol. The van der Waals surface area contributed by atoms with Crippen molar-refractivity contribution in [2.45, 2.75) is 0 Å². The first-order valence-electron chi connectivity index (χ1n) is 13.4. The monoisotopic (exact) mass is 497 g/mol. The zero-order valence-electron chi connectivity index (χ0n) is 21.1. The Balaban J connectivity index is 1.44. The second-order valence-corrected chi connectivity index (χ2v) is 10.3. The van der Waals surface area contributed by atoms with Gasteiger partial charge in [-0.1, -0.05) is 97.1 Å². The fourth-order valence-corrected chi connectivity index (χ4v) is 6.70. The Morgan fingerprint density at radius 3 is 1.49 bits per heavy atom. The first-order chi connectivity index (χ1) is 19.4. The quantitative estimate of drug-likeness (QED) is 0.185. The Bertz CT molecular complexity index is 2230. The number of hydrogen-bond acceptors (Lipinski definition) is 1. The summed E-state index contributed by atoms with van der Waals surface area (Å²) < 4.78 is 0. The highest BCUT2D eigenvalue weighted by Crippen LogP contribution is 2.48. The molecular weight excluding hydrogens is 474 g/mol. The molecule has 3 nitrogen and oxygen atoms in total. The molecule has 0 saturated heterocycles. The van der Waals surface area contributed by atoms with E-state index in [1.807, 2.05) is 0 Å². The highest BCUT2D eigenvalue weighted by atomic mass is 15.2. The highest BCUT2D eigenvalue weighted by molar-refractivity contribution is 6.34. The van der Waals surface area contributed by atoms with Crippen LogP contribution >= 0.6 is 0 Å². The van der Waals surface area contributed by atoms with E-state index in [0.29, 0.717) is 0 Å². The molecule has 0 saturated carbocycles. The molecule has 0 aliphatic heterocycles. The van der Waals surface area contributed by atoms with Gasteiger partial charge in [0.1, 0.15) is 0 Å². The second kappa shape index (κ2) is 7.62. The molecule has 182 valence electrons. The van der Waals surface area contributed by atoms with Crippen LogP contribution in [0.2, 0.25) is 0 Å². The molecule has 0 atom stereocenters. The average molecular weight is 498 g/mol. The number of anilines is 3. The third kappa shape index (κ3) is 2.76. The molecule has 9 rings (SSSR count). The molecule has 0 aliphatic carbocycles. The Labute approximate surface area is 224 Å². The van der Waals surface area contributed by atoms with Gasteiger partial charge in [-0.05, 0) is 55.9 Å². The predicted octanol–water partition coefficient (Wildman–Crippen LogP) is 10.2. The van der Waals surface area contributed by atoms with Crippen molar-refractivity contribution in [1.29, 1.82) is 0 Å². The van der Waals surface area contributed by atoms with E-state index in [0.717, 1.165) is 28.1 Å². The fraction of sp³-hybridized carbons (Fsp3) is 0. The van der Waals surface area contributed by atoms with Crippen molar-refractivity contribution in [1.82, 2.24) is 9.97 Å². The minimum absolute atomic E-state index is 1.13. The fourth-order valence-electron chi connectivity index (χ4n) is 6.70. The second-order valence-electron chi connectivity index (χ2n) is 10.3. The summed E-state index contributed by atoms with van der Waals surface area (Å²) in [5.41, 5.74) is 5.68. The van der Waals surface area contributed by atoms with Gasteiger partial charge in [0.25, 0.3) is 0 Å². The molecule has 0 unspecified atom stereocenters. The van der Waals surface area contributed by atoms with Crippen molar-refractivity contribution in [3.05, 3.63) is 128 Å². The molecule has 0 bridgehead atoms. The Kier molecular flexibility index (Phi) is 4.05. The molecule has 2 aromatic heterocycles. The van der Waals surface area contributed by atoms with E-state index in [9.17, 15) is 0 Å². The lowest BCUT2D eigenvalue weighted by Gasteiger charge is -2.27. The molecule has 0 fully saturated rings. The van der Waals surface area contributed by atoms with Crippen molar-refractivity contribution in [2.75, 3.05) is 4.90 Å². The number of H-pyrrole nitrogens is 2. The minimum atomic E-state index is 1.13. The first kappa shape index (κ1) is 20.7. The van der Waals surface area contributed by atoms with Crippen LogP contribution in [-0.2, 0) is 0 Å². The molecule has 0 aliphatic rings.